The van der Waals surface area contributed by atoms with Crippen LogP contribution in [0.2, 0.25) is 0 Å². The second-order valence-corrected chi connectivity index (χ2v) is 5.96. The minimum Gasteiger partial charge on any atom is -0.493 e. The number of rotatable bonds is 2. The van der Waals surface area contributed by atoms with Crippen LogP contribution in [0.3, 0.4) is 0 Å². The van der Waals surface area contributed by atoms with Crippen LogP contribution in [0.25, 0.3) is 0 Å². The van der Waals surface area contributed by atoms with Crippen molar-refractivity contribution in [3.05, 3.63) is 47.9 Å². The zero-order valence-electron chi connectivity index (χ0n) is 11.9. The van der Waals surface area contributed by atoms with Crippen LogP contribution in [-0.2, 0) is 0 Å². The van der Waals surface area contributed by atoms with Crippen molar-refractivity contribution in [2.24, 2.45) is 5.41 Å². The molecule has 0 bridgehead atoms. The highest BCUT2D eigenvalue weighted by atomic mass is 16.5. The Labute approximate surface area is 127 Å². The molecule has 22 heavy (non-hydrogen) atoms. The number of likely N-dealkylation sites (tertiary alicyclic amines) is 1. The standard InChI is InChI=1S/C16H16N2O4/c19-9-16-8-18(15(20)14-5-6-17-22-14)7-12(16)11-3-1-2-4-13(11)21-10-16/h1-6,12,19H,7-10H2/t12-,16-/m0/s1. The fraction of sp³-hybridized carbons (Fsp3) is 0.375. The monoisotopic (exact) mass is 300 g/mol. The van der Waals surface area contributed by atoms with Gasteiger partial charge in [0.25, 0.3) is 5.91 Å². The summed E-state index contributed by atoms with van der Waals surface area (Å²) in [6, 6.07) is 9.37. The summed E-state index contributed by atoms with van der Waals surface area (Å²) in [5.41, 5.74) is 0.597. The van der Waals surface area contributed by atoms with Gasteiger partial charge in [0.2, 0.25) is 5.76 Å². The molecule has 1 saturated heterocycles. The summed E-state index contributed by atoms with van der Waals surface area (Å²) in [5.74, 6) is 0.929. The molecule has 2 aliphatic heterocycles. The normalized spacial score (nSPS) is 26.2. The summed E-state index contributed by atoms with van der Waals surface area (Å²) in [6.45, 7) is 1.38. The van der Waals surface area contributed by atoms with E-state index in [9.17, 15) is 9.90 Å². The smallest absolute Gasteiger partial charge is 0.292 e. The van der Waals surface area contributed by atoms with E-state index in [-0.39, 0.29) is 24.2 Å². The molecule has 1 fully saturated rings. The lowest BCUT2D eigenvalue weighted by atomic mass is 9.74. The number of hydrogen-bond acceptors (Lipinski definition) is 5. The first kappa shape index (κ1) is 13.3. The van der Waals surface area contributed by atoms with Crippen LogP contribution in [-0.4, -0.2) is 47.4 Å². The van der Waals surface area contributed by atoms with E-state index in [1.54, 1.807) is 11.0 Å². The van der Waals surface area contributed by atoms with Crippen molar-refractivity contribution in [2.75, 3.05) is 26.3 Å². The molecule has 6 nitrogen and oxygen atoms in total. The van der Waals surface area contributed by atoms with Crippen LogP contribution in [0.1, 0.15) is 22.0 Å². The van der Waals surface area contributed by atoms with Crippen molar-refractivity contribution in [3.63, 3.8) is 0 Å². The maximum Gasteiger partial charge on any atom is 0.292 e. The molecule has 0 saturated carbocycles. The van der Waals surface area contributed by atoms with Crippen LogP contribution in [0.4, 0.5) is 0 Å². The summed E-state index contributed by atoms with van der Waals surface area (Å²) >= 11 is 0. The number of amides is 1. The summed E-state index contributed by atoms with van der Waals surface area (Å²) in [6.07, 6.45) is 1.45. The summed E-state index contributed by atoms with van der Waals surface area (Å²) in [5, 5.41) is 13.5. The number of hydrogen-bond donors (Lipinski definition) is 1. The lowest BCUT2D eigenvalue weighted by molar-refractivity contribution is 0.0432. The highest BCUT2D eigenvalue weighted by Crippen LogP contribution is 2.49. The summed E-state index contributed by atoms with van der Waals surface area (Å²) in [7, 11) is 0. The molecule has 0 aliphatic carbocycles. The van der Waals surface area contributed by atoms with Gasteiger partial charge < -0.3 is 19.3 Å². The highest BCUT2D eigenvalue weighted by molar-refractivity contribution is 5.91. The van der Waals surface area contributed by atoms with E-state index in [2.05, 4.69) is 5.16 Å². The number of ether oxygens (including phenoxy) is 1. The molecule has 2 aromatic rings. The van der Waals surface area contributed by atoms with Crippen LogP contribution in [0.5, 0.6) is 5.75 Å². The molecule has 2 aliphatic rings. The summed E-state index contributed by atoms with van der Waals surface area (Å²) in [4.78, 5) is 14.2. The van der Waals surface area contributed by atoms with Gasteiger partial charge in [-0.25, -0.2) is 0 Å². The summed E-state index contributed by atoms with van der Waals surface area (Å²) < 4.78 is 10.8. The van der Waals surface area contributed by atoms with E-state index in [1.165, 1.54) is 6.20 Å². The molecule has 114 valence electrons. The van der Waals surface area contributed by atoms with Gasteiger partial charge >= 0.3 is 0 Å². The predicted molar refractivity (Wildman–Crippen MR) is 76.6 cm³/mol. The molecule has 1 aromatic heterocycles. The molecule has 1 N–H and O–H groups in total. The molecule has 0 spiro atoms. The zero-order chi connectivity index (χ0) is 15.2. The first-order chi connectivity index (χ1) is 10.7. The van der Waals surface area contributed by atoms with Gasteiger partial charge in [-0.2, -0.15) is 0 Å². The van der Waals surface area contributed by atoms with E-state index in [4.69, 9.17) is 9.26 Å². The molecular weight excluding hydrogens is 284 g/mol. The van der Waals surface area contributed by atoms with Crippen molar-refractivity contribution in [2.45, 2.75) is 5.92 Å². The quantitative estimate of drug-likeness (QED) is 0.904. The molecule has 1 amide bonds. The number of aliphatic hydroxyl groups excluding tert-OH is 1. The van der Waals surface area contributed by atoms with Gasteiger partial charge in [0.1, 0.15) is 5.75 Å². The number of aromatic nitrogens is 1. The first-order valence-corrected chi connectivity index (χ1v) is 7.26. The van der Waals surface area contributed by atoms with Gasteiger partial charge in [-0.3, -0.25) is 4.79 Å². The molecule has 0 unspecified atom stereocenters. The minimum atomic E-state index is -0.454. The third-order valence-corrected chi connectivity index (χ3v) is 4.71. The Bertz CT molecular complexity index is 700. The average Bonchev–Trinajstić information content (AvgIpc) is 3.22. The van der Waals surface area contributed by atoms with Gasteiger partial charge in [0, 0.05) is 25.1 Å². The van der Waals surface area contributed by atoms with E-state index in [1.807, 2.05) is 24.3 Å². The Hall–Kier alpha value is -2.34. The van der Waals surface area contributed by atoms with E-state index >= 15 is 0 Å². The van der Waals surface area contributed by atoms with Crippen LogP contribution in [0.15, 0.2) is 41.1 Å². The van der Waals surface area contributed by atoms with E-state index < -0.39 is 5.41 Å². The topological polar surface area (TPSA) is 75.8 Å². The Balaban J connectivity index is 1.69. The second kappa shape index (κ2) is 4.84. The lowest BCUT2D eigenvalue weighted by Crippen LogP contribution is -2.42. The van der Waals surface area contributed by atoms with Gasteiger partial charge in [-0.1, -0.05) is 23.4 Å². The Morgan fingerprint density at radius 3 is 3.05 bits per heavy atom. The lowest BCUT2D eigenvalue weighted by Gasteiger charge is -2.37. The minimum absolute atomic E-state index is 0.0216. The van der Waals surface area contributed by atoms with Crippen molar-refractivity contribution in [1.82, 2.24) is 10.1 Å². The van der Waals surface area contributed by atoms with Gasteiger partial charge in [-0.05, 0) is 11.6 Å². The Morgan fingerprint density at radius 1 is 1.41 bits per heavy atom. The van der Waals surface area contributed by atoms with Crippen LogP contribution in [0, 0.1) is 5.41 Å². The number of para-hydroxylation sites is 1. The second-order valence-electron chi connectivity index (χ2n) is 5.96. The maximum absolute atomic E-state index is 12.5. The van der Waals surface area contributed by atoms with E-state index in [0.717, 1.165) is 11.3 Å². The fourth-order valence-corrected chi connectivity index (χ4v) is 3.51. The third-order valence-electron chi connectivity index (χ3n) is 4.71. The Kier molecular flexibility index (Phi) is 2.94. The molecule has 0 radical (unpaired) electrons. The number of aliphatic hydroxyl groups is 1. The molecule has 3 heterocycles. The third kappa shape index (κ3) is 1.84. The molecule has 2 atom stereocenters. The number of fused-ring (bicyclic) bond motifs is 3. The number of carbonyl (C=O) groups is 1. The van der Waals surface area contributed by atoms with Gasteiger partial charge in [-0.15, -0.1) is 0 Å². The molecular formula is C16H16N2O4. The zero-order valence-corrected chi connectivity index (χ0v) is 11.9. The molecule has 4 rings (SSSR count). The molecule has 6 heteroatoms. The van der Waals surface area contributed by atoms with Crippen molar-refractivity contribution in [1.29, 1.82) is 0 Å². The SMILES string of the molecule is O=C(c1ccno1)N1C[C@H]2c3ccccc3OC[C@@]2(CO)C1. The highest BCUT2D eigenvalue weighted by Gasteiger charge is 2.52. The molecule has 1 aromatic carbocycles. The van der Waals surface area contributed by atoms with Crippen molar-refractivity contribution >= 4 is 5.91 Å². The number of benzene rings is 1. The van der Waals surface area contributed by atoms with Crippen LogP contribution < -0.4 is 4.74 Å². The largest absolute Gasteiger partial charge is 0.493 e. The average molecular weight is 300 g/mol. The van der Waals surface area contributed by atoms with E-state index in [0.29, 0.717) is 19.7 Å². The van der Waals surface area contributed by atoms with Gasteiger partial charge in [0.05, 0.1) is 24.8 Å². The number of carbonyl (C=O) groups excluding carboxylic acids is 1. The maximum atomic E-state index is 12.5. The first-order valence-electron chi connectivity index (χ1n) is 7.26. The Morgan fingerprint density at radius 2 is 2.27 bits per heavy atom. The van der Waals surface area contributed by atoms with Gasteiger partial charge in [0.15, 0.2) is 0 Å². The number of nitrogens with zero attached hydrogens (tertiary/aromatic N) is 2. The predicted octanol–water partition coefficient (Wildman–Crippen LogP) is 1.29. The van der Waals surface area contributed by atoms with Crippen molar-refractivity contribution in [3.8, 4) is 5.75 Å². The fourth-order valence-electron chi connectivity index (χ4n) is 3.51. The van der Waals surface area contributed by atoms with Crippen LogP contribution >= 0.6 is 0 Å². The van der Waals surface area contributed by atoms with Crippen molar-refractivity contribution < 1.29 is 19.2 Å².